The fraction of sp³-hybridized carbons (Fsp3) is 0.481. The highest BCUT2D eigenvalue weighted by Crippen LogP contribution is 2.35. The summed E-state index contributed by atoms with van der Waals surface area (Å²) >= 11 is 1.79. The molecule has 1 fully saturated rings. The number of benzene rings is 1. The van der Waals surface area contributed by atoms with Crippen molar-refractivity contribution < 1.29 is 14.2 Å². The smallest absolute Gasteiger partial charge is 0.126 e. The van der Waals surface area contributed by atoms with Crippen LogP contribution >= 0.6 is 11.8 Å². The van der Waals surface area contributed by atoms with Gasteiger partial charge in [0.15, 0.2) is 0 Å². The SMILES string of the molecule is COc1ccc2nccc([C@@H](F)CC[C@@H]3CCN(CCCSc4ccccn4)C[C@@H]3CO)c2c1. The third-order valence-corrected chi connectivity index (χ3v) is 7.86. The van der Waals surface area contributed by atoms with Gasteiger partial charge in [0, 0.05) is 36.7 Å². The molecule has 1 aliphatic rings. The van der Waals surface area contributed by atoms with Crippen molar-refractivity contribution in [3.05, 3.63) is 60.4 Å². The van der Waals surface area contributed by atoms with E-state index in [1.807, 2.05) is 42.6 Å². The summed E-state index contributed by atoms with van der Waals surface area (Å²) in [6.45, 7) is 3.10. The van der Waals surface area contributed by atoms with Crippen molar-refractivity contribution in [3.63, 3.8) is 0 Å². The zero-order valence-electron chi connectivity index (χ0n) is 19.8. The molecule has 0 spiro atoms. The molecule has 0 bridgehead atoms. The second-order valence-electron chi connectivity index (χ2n) is 8.99. The number of pyridine rings is 2. The summed E-state index contributed by atoms with van der Waals surface area (Å²) in [4.78, 5) is 11.2. The Morgan fingerprint density at radius 2 is 2.09 bits per heavy atom. The molecule has 4 rings (SSSR count). The van der Waals surface area contributed by atoms with E-state index in [1.165, 1.54) is 0 Å². The summed E-state index contributed by atoms with van der Waals surface area (Å²) < 4.78 is 20.7. The molecule has 0 amide bonds. The van der Waals surface area contributed by atoms with Crippen LogP contribution < -0.4 is 4.74 Å². The first-order valence-corrected chi connectivity index (χ1v) is 13.1. The van der Waals surface area contributed by atoms with E-state index in [2.05, 4.69) is 14.9 Å². The zero-order chi connectivity index (χ0) is 23.8. The monoisotopic (exact) mass is 483 g/mol. The molecular weight excluding hydrogens is 449 g/mol. The second kappa shape index (κ2) is 12.5. The average molecular weight is 484 g/mol. The molecule has 3 atom stereocenters. The van der Waals surface area contributed by atoms with Gasteiger partial charge in [0.25, 0.3) is 0 Å². The molecule has 3 aromatic rings. The molecule has 182 valence electrons. The Kier molecular flexibility index (Phi) is 9.13. The molecule has 0 unspecified atom stereocenters. The lowest BCUT2D eigenvalue weighted by Gasteiger charge is -2.38. The third kappa shape index (κ3) is 6.46. The zero-order valence-corrected chi connectivity index (χ0v) is 20.6. The highest BCUT2D eigenvalue weighted by atomic mass is 32.2. The number of fused-ring (bicyclic) bond motifs is 1. The van der Waals surface area contributed by atoms with Crippen molar-refractivity contribution in [1.82, 2.24) is 14.9 Å². The molecule has 1 N–H and O–H groups in total. The molecule has 5 nitrogen and oxygen atoms in total. The molecule has 0 aliphatic carbocycles. The van der Waals surface area contributed by atoms with Crippen LogP contribution in [-0.2, 0) is 0 Å². The fourth-order valence-electron chi connectivity index (χ4n) is 4.91. The van der Waals surface area contributed by atoms with Gasteiger partial charge in [-0.25, -0.2) is 9.37 Å². The number of alkyl halides is 1. The van der Waals surface area contributed by atoms with Crippen molar-refractivity contribution in [2.24, 2.45) is 11.8 Å². The number of thioether (sulfide) groups is 1. The highest BCUT2D eigenvalue weighted by Gasteiger charge is 2.29. The molecule has 7 heteroatoms. The average Bonchev–Trinajstić information content (AvgIpc) is 2.89. The molecule has 0 radical (unpaired) electrons. The largest absolute Gasteiger partial charge is 0.497 e. The molecule has 1 saturated heterocycles. The standard InChI is InChI=1S/C27H34FN3O2S/c1-33-22-7-9-26-24(17-22)23(10-13-29-26)25(28)8-6-20-11-15-31(18-21(20)19-32)14-4-16-34-27-5-2-3-12-30-27/h2-3,5,7,9-10,12-13,17,20-21,25,32H,4,6,8,11,14-16,18-19H2,1H3/t20-,21-,25+/m1/s1. The minimum atomic E-state index is -1.06. The van der Waals surface area contributed by atoms with Crippen LogP contribution in [-0.4, -0.2) is 59.1 Å². The van der Waals surface area contributed by atoms with E-state index in [9.17, 15) is 5.11 Å². The van der Waals surface area contributed by atoms with E-state index >= 15 is 4.39 Å². The van der Waals surface area contributed by atoms with Gasteiger partial charge in [-0.1, -0.05) is 6.07 Å². The van der Waals surface area contributed by atoms with E-state index < -0.39 is 6.17 Å². The van der Waals surface area contributed by atoms with Gasteiger partial charge in [0.2, 0.25) is 0 Å². The quantitative estimate of drug-likeness (QED) is 0.285. The maximum absolute atomic E-state index is 15.4. The lowest BCUT2D eigenvalue weighted by Crippen LogP contribution is -2.42. The summed E-state index contributed by atoms with van der Waals surface area (Å²) in [5, 5.41) is 11.9. The molecule has 1 aliphatic heterocycles. The van der Waals surface area contributed by atoms with Gasteiger partial charge in [-0.15, -0.1) is 11.8 Å². The molecule has 0 saturated carbocycles. The summed E-state index contributed by atoms with van der Waals surface area (Å²) in [6, 6.07) is 13.4. The second-order valence-corrected chi connectivity index (χ2v) is 10.1. The van der Waals surface area contributed by atoms with Crippen molar-refractivity contribution in [1.29, 1.82) is 0 Å². The first kappa shape index (κ1) is 24.9. The maximum Gasteiger partial charge on any atom is 0.126 e. The van der Waals surface area contributed by atoms with Crippen molar-refractivity contribution in [3.8, 4) is 5.75 Å². The van der Waals surface area contributed by atoms with Gasteiger partial charge >= 0.3 is 0 Å². The predicted octanol–water partition coefficient (Wildman–Crippen LogP) is 5.54. The fourth-order valence-corrected chi connectivity index (χ4v) is 5.70. The number of piperidine rings is 1. The Hall–Kier alpha value is -2.22. The number of methoxy groups -OCH3 is 1. The van der Waals surface area contributed by atoms with Crippen molar-refractivity contribution in [2.45, 2.75) is 36.9 Å². The van der Waals surface area contributed by atoms with Crippen LogP contribution in [0.4, 0.5) is 4.39 Å². The molecule has 34 heavy (non-hydrogen) atoms. The number of hydrogen-bond acceptors (Lipinski definition) is 6. The molecular formula is C27H34FN3O2S. The Labute approximate surface area is 205 Å². The number of aliphatic hydroxyl groups excluding tert-OH is 1. The Morgan fingerprint density at radius 1 is 1.18 bits per heavy atom. The molecule has 3 heterocycles. The van der Waals surface area contributed by atoms with Gasteiger partial charge in [-0.2, -0.15) is 0 Å². The van der Waals surface area contributed by atoms with Gasteiger partial charge in [0.1, 0.15) is 11.9 Å². The van der Waals surface area contributed by atoms with Crippen molar-refractivity contribution in [2.75, 3.05) is 39.1 Å². The topological polar surface area (TPSA) is 58.5 Å². The predicted molar refractivity (Wildman–Crippen MR) is 136 cm³/mol. The summed E-state index contributed by atoms with van der Waals surface area (Å²) in [5.74, 6) is 2.30. The number of hydrogen-bond donors (Lipinski definition) is 1. The number of likely N-dealkylation sites (tertiary alicyclic amines) is 1. The Balaban J connectivity index is 1.26. The number of rotatable bonds is 11. The number of aromatic nitrogens is 2. The summed E-state index contributed by atoms with van der Waals surface area (Å²) in [7, 11) is 1.62. The minimum Gasteiger partial charge on any atom is -0.497 e. The highest BCUT2D eigenvalue weighted by molar-refractivity contribution is 7.99. The van der Waals surface area contributed by atoms with Crippen LogP contribution in [0.25, 0.3) is 10.9 Å². The van der Waals surface area contributed by atoms with Crippen LogP contribution in [0.1, 0.15) is 37.4 Å². The summed E-state index contributed by atoms with van der Waals surface area (Å²) in [5.41, 5.74) is 1.45. The van der Waals surface area contributed by atoms with Crippen molar-refractivity contribution >= 4 is 22.7 Å². The van der Waals surface area contributed by atoms with Gasteiger partial charge in [-0.3, -0.25) is 4.98 Å². The normalized spacial score (nSPS) is 19.9. The molecule has 1 aromatic carbocycles. The van der Waals surface area contributed by atoms with Gasteiger partial charge in [0.05, 0.1) is 17.7 Å². The third-order valence-electron chi connectivity index (χ3n) is 6.83. The first-order chi connectivity index (χ1) is 16.7. The number of aliphatic hydroxyl groups is 1. The minimum absolute atomic E-state index is 0.163. The van der Waals surface area contributed by atoms with Crippen LogP contribution in [0.3, 0.4) is 0 Å². The van der Waals surface area contributed by atoms with E-state index in [1.54, 1.807) is 31.1 Å². The maximum atomic E-state index is 15.4. The van der Waals surface area contributed by atoms with Crippen LogP contribution in [0, 0.1) is 11.8 Å². The van der Waals surface area contributed by atoms with Gasteiger partial charge in [-0.05, 0) is 92.6 Å². The van der Waals surface area contributed by atoms with Gasteiger partial charge < -0.3 is 14.7 Å². The van der Waals surface area contributed by atoms with E-state index in [0.29, 0.717) is 23.7 Å². The number of ether oxygens (including phenoxy) is 1. The lowest BCUT2D eigenvalue weighted by molar-refractivity contribution is 0.0640. The van der Waals surface area contributed by atoms with Crippen LogP contribution in [0.5, 0.6) is 5.75 Å². The van der Waals surface area contributed by atoms with Crippen LogP contribution in [0.15, 0.2) is 59.9 Å². The Bertz CT molecular complexity index is 1040. The Morgan fingerprint density at radius 3 is 2.88 bits per heavy atom. The van der Waals surface area contributed by atoms with Crippen LogP contribution in [0.2, 0.25) is 0 Å². The summed E-state index contributed by atoms with van der Waals surface area (Å²) in [6.07, 6.45) is 5.79. The first-order valence-electron chi connectivity index (χ1n) is 12.1. The van der Waals surface area contributed by atoms with E-state index in [4.69, 9.17) is 4.74 Å². The lowest BCUT2D eigenvalue weighted by atomic mass is 9.81. The molecule has 2 aromatic heterocycles. The van der Waals surface area contributed by atoms with E-state index in [-0.39, 0.29) is 12.5 Å². The van der Waals surface area contributed by atoms with E-state index in [0.717, 1.165) is 60.6 Å². The number of halogens is 1. The number of nitrogens with zero attached hydrogens (tertiary/aromatic N) is 3.